The van der Waals surface area contributed by atoms with Crippen LogP contribution in [-0.4, -0.2) is 32.1 Å². The Kier molecular flexibility index (Phi) is 4.24. The van der Waals surface area contributed by atoms with Crippen molar-refractivity contribution in [2.45, 2.75) is 33.4 Å². The van der Waals surface area contributed by atoms with E-state index in [0.29, 0.717) is 30.3 Å². The fourth-order valence-corrected chi connectivity index (χ4v) is 4.23. The molecule has 0 fully saturated rings. The maximum Gasteiger partial charge on any atom is 0.254 e. The maximum absolute atomic E-state index is 12.8. The smallest absolute Gasteiger partial charge is 0.254 e. The summed E-state index contributed by atoms with van der Waals surface area (Å²) in [7, 11) is 0. The molecule has 1 aromatic carbocycles. The molecule has 134 valence electrons. The van der Waals surface area contributed by atoms with Gasteiger partial charge in [-0.15, -0.1) is 11.3 Å². The lowest BCUT2D eigenvalue weighted by atomic mass is 10.1. The first kappa shape index (κ1) is 16.8. The summed E-state index contributed by atoms with van der Waals surface area (Å²) < 4.78 is 1.98. The van der Waals surface area contributed by atoms with Crippen LogP contribution in [0.25, 0.3) is 0 Å². The van der Waals surface area contributed by atoms with E-state index in [1.54, 1.807) is 0 Å². The van der Waals surface area contributed by atoms with Gasteiger partial charge in [0.2, 0.25) is 0 Å². The van der Waals surface area contributed by atoms with Gasteiger partial charge in [0.1, 0.15) is 0 Å². The number of carbonyl (C=O) groups is 1. The van der Waals surface area contributed by atoms with Crippen LogP contribution in [0.5, 0.6) is 0 Å². The quantitative estimate of drug-likeness (QED) is 0.772. The number of carbonyl (C=O) groups excluding carboxylic acids is 1. The molecule has 0 saturated heterocycles. The number of nitrogens with two attached hydrogens (primary N) is 1. The summed E-state index contributed by atoms with van der Waals surface area (Å²) >= 11 is 1.48. The standard InChI is InChI=1S/C19H21N5OS/c1-12-9-13(2)24(22-12)10-14-3-5-15(6-4-14)18(25)23-8-7-16-17(11-23)26-19(20)21-16/h3-6,9H,7-8,10-11H2,1-2H3,(H2,20,21). The van der Waals surface area contributed by atoms with Crippen molar-refractivity contribution in [3.05, 3.63) is 63.4 Å². The molecule has 26 heavy (non-hydrogen) atoms. The molecule has 4 rings (SSSR count). The van der Waals surface area contributed by atoms with Gasteiger partial charge in [-0.05, 0) is 37.6 Å². The number of amides is 1. The summed E-state index contributed by atoms with van der Waals surface area (Å²) in [5.74, 6) is 0.0558. The summed E-state index contributed by atoms with van der Waals surface area (Å²) in [4.78, 5) is 20.1. The predicted octanol–water partition coefficient (Wildman–Crippen LogP) is 2.79. The number of aryl methyl sites for hydroxylation is 2. The first-order valence-corrected chi connectivity index (χ1v) is 9.44. The SMILES string of the molecule is Cc1cc(C)n(Cc2ccc(C(=O)N3CCc4nc(N)sc4C3)cc2)n1. The lowest BCUT2D eigenvalue weighted by molar-refractivity contribution is 0.0736. The van der Waals surface area contributed by atoms with E-state index in [1.807, 2.05) is 40.8 Å². The lowest BCUT2D eigenvalue weighted by Crippen LogP contribution is -2.35. The van der Waals surface area contributed by atoms with Crippen LogP contribution < -0.4 is 5.73 Å². The van der Waals surface area contributed by atoms with Crippen LogP contribution in [0, 0.1) is 13.8 Å². The number of hydrogen-bond donors (Lipinski definition) is 1. The van der Waals surface area contributed by atoms with Crippen molar-refractivity contribution in [3.63, 3.8) is 0 Å². The van der Waals surface area contributed by atoms with Gasteiger partial charge in [0.25, 0.3) is 5.91 Å². The van der Waals surface area contributed by atoms with Crippen molar-refractivity contribution in [2.24, 2.45) is 0 Å². The van der Waals surface area contributed by atoms with Crippen molar-refractivity contribution in [2.75, 3.05) is 12.3 Å². The molecule has 2 aromatic heterocycles. The molecule has 1 aliphatic rings. The minimum atomic E-state index is 0.0558. The van der Waals surface area contributed by atoms with E-state index in [4.69, 9.17) is 5.73 Å². The summed E-state index contributed by atoms with van der Waals surface area (Å²) in [5, 5.41) is 5.07. The average Bonchev–Trinajstić information content (AvgIpc) is 3.14. The molecular formula is C19H21N5OS. The predicted molar refractivity (Wildman–Crippen MR) is 102 cm³/mol. The van der Waals surface area contributed by atoms with Crippen LogP contribution >= 0.6 is 11.3 Å². The summed E-state index contributed by atoms with van der Waals surface area (Å²) in [6, 6.07) is 9.88. The van der Waals surface area contributed by atoms with Gasteiger partial charge < -0.3 is 10.6 Å². The Labute approximate surface area is 156 Å². The van der Waals surface area contributed by atoms with Crippen molar-refractivity contribution in [3.8, 4) is 0 Å². The third-order valence-electron chi connectivity index (χ3n) is 4.67. The van der Waals surface area contributed by atoms with Crippen molar-refractivity contribution < 1.29 is 4.79 Å². The monoisotopic (exact) mass is 367 g/mol. The lowest BCUT2D eigenvalue weighted by Gasteiger charge is -2.26. The molecule has 3 heterocycles. The van der Waals surface area contributed by atoms with E-state index in [-0.39, 0.29) is 5.91 Å². The van der Waals surface area contributed by atoms with E-state index < -0.39 is 0 Å². The zero-order chi connectivity index (χ0) is 18.3. The Hall–Kier alpha value is -2.67. The van der Waals surface area contributed by atoms with E-state index in [1.165, 1.54) is 11.3 Å². The number of fused-ring (bicyclic) bond motifs is 1. The molecule has 0 radical (unpaired) electrons. The van der Waals surface area contributed by atoms with E-state index in [2.05, 4.69) is 23.1 Å². The second-order valence-corrected chi connectivity index (χ2v) is 7.80. The van der Waals surface area contributed by atoms with Gasteiger partial charge >= 0.3 is 0 Å². The van der Waals surface area contributed by atoms with Gasteiger partial charge in [0.05, 0.1) is 24.5 Å². The van der Waals surface area contributed by atoms with Crippen LogP contribution in [0.15, 0.2) is 30.3 Å². The van der Waals surface area contributed by atoms with E-state index in [0.717, 1.165) is 33.9 Å². The highest BCUT2D eigenvalue weighted by Crippen LogP contribution is 2.27. The number of aromatic nitrogens is 3. The summed E-state index contributed by atoms with van der Waals surface area (Å²) in [5.41, 5.74) is 10.8. The molecule has 0 aliphatic carbocycles. The van der Waals surface area contributed by atoms with Gasteiger partial charge in [-0.1, -0.05) is 12.1 Å². The highest BCUT2D eigenvalue weighted by molar-refractivity contribution is 7.15. The number of nitrogen functional groups attached to an aromatic ring is 1. The topological polar surface area (TPSA) is 77.0 Å². The molecule has 7 heteroatoms. The summed E-state index contributed by atoms with van der Waals surface area (Å²) in [6.45, 7) is 6.03. The largest absolute Gasteiger partial charge is 0.375 e. The molecule has 0 bridgehead atoms. The van der Waals surface area contributed by atoms with Crippen LogP contribution in [0.4, 0.5) is 5.13 Å². The Bertz CT molecular complexity index is 957. The third kappa shape index (κ3) is 3.22. The number of hydrogen-bond acceptors (Lipinski definition) is 5. The van der Waals surface area contributed by atoms with Crippen molar-refractivity contribution in [1.29, 1.82) is 0 Å². The van der Waals surface area contributed by atoms with Gasteiger partial charge in [0.15, 0.2) is 5.13 Å². The second-order valence-electron chi connectivity index (χ2n) is 6.68. The van der Waals surface area contributed by atoms with Crippen molar-refractivity contribution >= 4 is 22.4 Å². The fraction of sp³-hybridized carbons (Fsp3) is 0.316. The number of thiazole rings is 1. The van der Waals surface area contributed by atoms with Crippen LogP contribution in [0.3, 0.4) is 0 Å². The average molecular weight is 367 g/mol. The van der Waals surface area contributed by atoms with Crippen LogP contribution in [0.1, 0.15) is 37.9 Å². The molecule has 0 spiro atoms. The molecule has 0 atom stereocenters. The number of nitrogens with zero attached hydrogens (tertiary/aromatic N) is 4. The Morgan fingerprint density at radius 3 is 2.73 bits per heavy atom. The molecule has 0 unspecified atom stereocenters. The zero-order valence-electron chi connectivity index (χ0n) is 14.9. The highest BCUT2D eigenvalue weighted by Gasteiger charge is 2.24. The molecule has 2 N–H and O–H groups in total. The van der Waals surface area contributed by atoms with Gasteiger partial charge in [-0.2, -0.15) is 5.10 Å². The van der Waals surface area contributed by atoms with Crippen molar-refractivity contribution in [1.82, 2.24) is 19.7 Å². The van der Waals surface area contributed by atoms with Gasteiger partial charge in [0, 0.05) is 29.1 Å². The summed E-state index contributed by atoms with van der Waals surface area (Å²) in [6.07, 6.45) is 0.769. The molecular weight excluding hydrogens is 346 g/mol. The zero-order valence-corrected chi connectivity index (χ0v) is 15.7. The number of rotatable bonds is 3. The van der Waals surface area contributed by atoms with E-state index in [9.17, 15) is 4.79 Å². The minimum absolute atomic E-state index is 0.0558. The molecule has 1 amide bonds. The Morgan fingerprint density at radius 1 is 1.27 bits per heavy atom. The number of anilines is 1. The first-order valence-electron chi connectivity index (χ1n) is 8.63. The fourth-order valence-electron chi connectivity index (χ4n) is 3.33. The molecule has 3 aromatic rings. The van der Waals surface area contributed by atoms with Gasteiger partial charge in [-0.25, -0.2) is 4.98 Å². The van der Waals surface area contributed by atoms with Gasteiger partial charge in [-0.3, -0.25) is 9.48 Å². The number of benzene rings is 1. The van der Waals surface area contributed by atoms with Crippen LogP contribution in [-0.2, 0) is 19.5 Å². The Morgan fingerprint density at radius 2 is 2.04 bits per heavy atom. The molecule has 6 nitrogen and oxygen atoms in total. The normalized spacial score (nSPS) is 13.7. The van der Waals surface area contributed by atoms with Crippen LogP contribution in [0.2, 0.25) is 0 Å². The van der Waals surface area contributed by atoms with E-state index >= 15 is 0 Å². The maximum atomic E-state index is 12.8. The minimum Gasteiger partial charge on any atom is -0.375 e. The highest BCUT2D eigenvalue weighted by atomic mass is 32.1. The second kappa shape index (κ2) is 6.57. The first-order chi connectivity index (χ1) is 12.5. The molecule has 0 saturated carbocycles. The Balaban J connectivity index is 1.46. The molecule has 1 aliphatic heterocycles. The third-order valence-corrected chi connectivity index (χ3v) is 5.58.